The summed E-state index contributed by atoms with van der Waals surface area (Å²) < 4.78 is 11.2. The second-order valence-electron chi connectivity index (χ2n) is 9.61. The quantitative estimate of drug-likeness (QED) is 0.621. The highest BCUT2D eigenvalue weighted by molar-refractivity contribution is 5.90. The molecule has 3 amide bonds. The van der Waals surface area contributed by atoms with Gasteiger partial charge in [-0.25, -0.2) is 14.8 Å². The monoisotopic (exact) mass is 481 g/mol. The average molecular weight is 482 g/mol. The number of hydrogen-bond donors (Lipinski definition) is 1. The van der Waals surface area contributed by atoms with Crippen molar-refractivity contribution in [3.8, 4) is 0 Å². The number of carbonyl (C=O) groups is 3. The molecule has 1 fully saturated rings. The Morgan fingerprint density at radius 1 is 0.914 bits per heavy atom. The van der Waals surface area contributed by atoms with Gasteiger partial charge in [-0.1, -0.05) is 60.7 Å². The Labute approximate surface area is 207 Å². The number of rotatable bonds is 8. The average Bonchev–Trinajstić information content (AvgIpc) is 3.32. The Balaban J connectivity index is 1.71. The minimum atomic E-state index is -0.865. The van der Waals surface area contributed by atoms with Gasteiger partial charge < -0.3 is 14.8 Å². The van der Waals surface area contributed by atoms with Crippen LogP contribution in [0.5, 0.6) is 0 Å². The Hall–Kier alpha value is -3.39. The van der Waals surface area contributed by atoms with Crippen LogP contribution in [0.3, 0.4) is 0 Å². The largest absolute Gasteiger partial charge is 0.442 e. The van der Waals surface area contributed by atoms with E-state index >= 15 is 0 Å². The second kappa shape index (κ2) is 11.8. The van der Waals surface area contributed by atoms with Gasteiger partial charge in [-0.05, 0) is 45.2 Å². The lowest BCUT2D eigenvalue weighted by Gasteiger charge is -2.33. The molecule has 2 atom stereocenters. The SMILES string of the molecule is C[C@@H](OCc1ccccc1)C(=O)N[C@@H](Cc1ccccc1)C(=O)N1CCCN1C(=O)OC(C)(C)C. The predicted molar refractivity (Wildman–Crippen MR) is 132 cm³/mol. The number of nitrogens with one attached hydrogen (secondary N) is 1. The summed E-state index contributed by atoms with van der Waals surface area (Å²) in [4.78, 5) is 39.3. The summed E-state index contributed by atoms with van der Waals surface area (Å²) in [5.41, 5.74) is 1.17. The van der Waals surface area contributed by atoms with Gasteiger partial charge in [-0.3, -0.25) is 9.59 Å². The molecule has 3 rings (SSSR count). The highest BCUT2D eigenvalue weighted by Crippen LogP contribution is 2.19. The molecule has 188 valence electrons. The van der Waals surface area contributed by atoms with Crippen LogP contribution in [0.2, 0.25) is 0 Å². The van der Waals surface area contributed by atoms with Gasteiger partial charge in [0.2, 0.25) is 5.91 Å². The topological polar surface area (TPSA) is 88.2 Å². The second-order valence-corrected chi connectivity index (χ2v) is 9.61. The van der Waals surface area contributed by atoms with E-state index in [4.69, 9.17) is 9.47 Å². The van der Waals surface area contributed by atoms with E-state index in [0.29, 0.717) is 19.5 Å². The molecule has 8 heteroatoms. The van der Waals surface area contributed by atoms with E-state index in [2.05, 4.69) is 5.32 Å². The Bertz CT molecular complexity index is 991. The lowest BCUT2D eigenvalue weighted by molar-refractivity contribution is -0.148. The molecule has 0 aromatic heterocycles. The van der Waals surface area contributed by atoms with E-state index in [1.807, 2.05) is 60.7 Å². The molecule has 2 aromatic rings. The van der Waals surface area contributed by atoms with Gasteiger partial charge in [0.1, 0.15) is 17.7 Å². The first kappa shape index (κ1) is 26.2. The number of benzene rings is 2. The van der Waals surface area contributed by atoms with Crippen molar-refractivity contribution in [1.82, 2.24) is 15.3 Å². The van der Waals surface area contributed by atoms with E-state index in [1.165, 1.54) is 10.0 Å². The van der Waals surface area contributed by atoms with E-state index < -0.39 is 29.7 Å². The molecule has 0 spiro atoms. The molecule has 8 nitrogen and oxygen atoms in total. The predicted octanol–water partition coefficient (Wildman–Crippen LogP) is 3.70. The lowest BCUT2D eigenvalue weighted by Crippen LogP contribution is -2.56. The molecule has 2 aromatic carbocycles. The van der Waals surface area contributed by atoms with Crippen LogP contribution >= 0.6 is 0 Å². The molecule has 0 unspecified atom stereocenters. The first-order chi connectivity index (χ1) is 16.6. The normalized spacial score (nSPS) is 15.4. The fraction of sp³-hybridized carbons (Fsp3) is 0.444. The molecule has 0 aliphatic carbocycles. The summed E-state index contributed by atoms with van der Waals surface area (Å²) in [6.45, 7) is 8.03. The Morgan fingerprint density at radius 2 is 1.49 bits per heavy atom. The minimum absolute atomic E-state index is 0.283. The molecule has 1 saturated heterocycles. The summed E-state index contributed by atoms with van der Waals surface area (Å²) in [7, 11) is 0. The van der Waals surface area contributed by atoms with Crippen molar-refractivity contribution in [2.75, 3.05) is 13.1 Å². The fourth-order valence-electron chi connectivity index (χ4n) is 3.74. The van der Waals surface area contributed by atoms with Crippen LogP contribution in [0, 0.1) is 0 Å². The van der Waals surface area contributed by atoms with Crippen LogP contribution in [0.15, 0.2) is 60.7 Å². The van der Waals surface area contributed by atoms with Crippen LogP contribution in [-0.4, -0.2) is 58.8 Å². The molecular weight excluding hydrogens is 446 g/mol. The van der Waals surface area contributed by atoms with Crippen LogP contribution in [0.25, 0.3) is 0 Å². The number of hydrazine groups is 1. The van der Waals surface area contributed by atoms with Gasteiger partial charge in [0, 0.05) is 19.5 Å². The number of hydrogen-bond acceptors (Lipinski definition) is 5. The molecular formula is C27H35N3O5. The van der Waals surface area contributed by atoms with Crippen molar-refractivity contribution in [2.24, 2.45) is 0 Å². The smallest absolute Gasteiger partial charge is 0.429 e. The van der Waals surface area contributed by atoms with Gasteiger partial charge in [0.05, 0.1) is 6.61 Å². The summed E-state index contributed by atoms with van der Waals surface area (Å²) in [6, 6.07) is 18.2. The molecule has 1 N–H and O–H groups in total. The van der Waals surface area contributed by atoms with Gasteiger partial charge in [-0.2, -0.15) is 0 Å². The highest BCUT2D eigenvalue weighted by atomic mass is 16.6. The summed E-state index contributed by atoms with van der Waals surface area (Å²) >= 11 is 0. The lowest BCUT2D eigenvalue weighted by atomic mass is 10.0. The van der Waals surface area contributed by atoms with E-state index in [-0.39, 0.29) is 18.9 Å². The zero-order chi connectivity index (χ0) is 25.4. The molecule has 1 heterocycles. The zero-order valence-electron chi connectivity index (χ0n) is 20.9. The molecule has 35 heavy (non-hydrogen) atoms. The van der Waals surface area contributed by atoms with E-state index in [0.717, 1.165) is 11.1 Å². The maximum Gasteiger partial charge on any atom is 0.429 e. The number of amides is 3. The highest BCUT2D eigenvalue weighted by Gasteiger charge is 2.37. The van der Waals surface area contributed by atoms with Crippen molar-refractivity contribution in [3.63, 3.8) is 0 Å². The molecule has 0 bridgehead atoms. The number of nitrogens with zero attached hydrogens (tertiary/aromatic N) is 2. The third-order valence-electron chi connectivity index (χ3n) is 5.50. The van der Waals surface area contributed by atoms with E-state index in [1.54, 1.807) is 27.7 Å². The first-order valence-corrected chi connectivity index (χ1v) is 12.0. The maximum absolute atomic E-state index is 13.6. The van der Waals surface area contributed by atoms with Gasteiger partial charge in [0.15, 0.2) is 0 Å². The van der Waals surface area contributed by atoms with E-state index in [9.17, 15) is 14.4 Å². The molecule has 1 aliphatic rings. The van der Waals surface area contributed by atoms with Gasteiger partial charge >= 0.3 is 6.09 Å². The van der Waals surface area contributed by atoms with Crippen molar-refractivity contribution in [1.29, 1.82) is 0 Å². The molecule has 0 radical (unpaired) electrons. The van der Waals surface area contributed by atoms with Crippen molar-refractivity contribution in [3.05, 3.63) is 71.8 Å². The standard InChI is InChI=1S/C27H35N3O5/c1-20(34-19-22-14-9-6-10-15-22)24(31)28-23(18-21-12-7-5-8-13-21)25(32)29-16-11-17-30(29)26(33)35-27(2,3)4/h5-10,12-15,20,23H,11,16-19H2,1-4H3,(H,28,31)/t20-,23+/m1/s1. The van der Waals surface area contributed by atoms with Crippen molar-refractivity contribution >= 4 is 17.9 Å². The van der Waals surface area contributed by atoms with Crippen LogP contribution in [-0.2, 0) is 32.1 Å². The van der Waals surface area contributed by atoms with Crippen LogP contribution in [0.1, 0.15) is 45.2 Å². The molecule has 0 saturated carbocycles. The maximum atomic E-state index is 13.6. The molecule has 1 aliphatic heterocycles. The van der Waals surface area contributed by atoms with Crippen molar-refractivity contribution < 1.29 is 23.9 Å². The van der Waals surface area contributed by atoms with Gasteiger partial charge in [0.25, 0.3) is 5.91 Å². The van der Waals surface area contributed by atoms with Crippen LogP contribution in [0.4, 0.5) is 4.79 Å². The summed E-state index contributed by atoms with van der Waals surface area (Å²) in [6.07, 6.45) is -0.419. The minimum Gasteiger partial charge on any atom is -0.442 e. The fourth-order valence-corrected chi connectivity index (χ4v) is 3.74. The van der Waals surface area contributed by atoms with Gasteiger partial charge in [-0.15, -0.1) is 0 Å². The van der Waals surface area contributed by atoms with Crippen LogP contribution < -0.4 is 5.32 Å². The first-order valence-electron chi connectivity index (χ1n) is 12.0. The summed E-state index contributed by atoms with van der Waals surface area (Å²) in [5, 5.41) is 5.56. The summed E-state index contributed by atoms with van der Waals surface area (Å²) in [5.74, 6) is -0.751. The third-order valence-corrected chi connectivity index (χ3v) is 5.50. The third kappa shape index (κ3) is 7.82. The Morgan fingerprint density at radius 3 is 2.09 bits per heavy atom. The number of ether oxygens (including phenoxy) is 2. The van der Waals surface area contributed by atoms with Crippen molar-refractivity contribution in [2.45, 2.75) is 64.9 Å². The Kier molecular flexibility index (Phi) is 8.87. The number of carbonyl (C=O) groups excluding carboxylic acids is 3. The zero-order valence-corrected chi connectivity index (χ0v) is 20.9.